The molecule has 4 aromatic rings. The maximum atomic E-state index is 5.31. The number of ether oxygens (including phenoxy) is 1. The molecule has 0 N–H and O–H groups in total. The fourth-order valence-corrected chi connectivity index (χ4v) is 2.54. The summed E-state index contributed by atoms with van der Waals surface area (Å²) in [5.74, 6) is 0.834. The van der Waals surface area contributed by atoms with Crippen molar-refractivity contribution in [2.24, 2.45) is 0 Å². The third kappa shape index (κ3) is 1.34. The number of benzene rings is 1. The first-order valence-corrected chi connectivity index (χ1v) is 6.06. The second kappa shape index (κ2) is 3.68. The first-order chi connectivity index (χ1) is 9.38. The fraction of sp³-hybridized carbons (Fsp3) is 0.0667. The quantitative estimate of drug-likeness (QED) is 0.487. The minimum atomic E-state index is 0.834. The van der Waals surface area contributed by atoms with Gasteiger partial charge in [0, 0.05) is 29.4 Å². The molecule has 19 heavy (non-hydrogen) atoms. The highest BCUT2D eigenvalue weighted by atomic mass is 16.5. The van der Waals surface area contributed by atoms with Crippen LogP contribution in [-0.2, 0) is 0 Å². The summed E-state index contributed by atoms with van der Waals surface area (Å²) in [6.07, 6.45) is 5.53. The van der Waals surface area contributed by atoms with Crippen molar-refractivity contribution in [3.63, 3.8) is 0 Å². The van der Waals surface area contributed by atoms with E-state index in [0.717, 1.165) is 33.2 Å². The monoisotopic (exact) mass is 249 g/mol. The lowest BCUT2D eigenvalue weighted by Gasteiger charge is -2.08. The van der Waals surface area contributed by atoms with E-state index in [1.807, 2.05) is 28.8 Å². The van der Waals surface area contributed by atoms with Crippen molar-refractivity contribution in [2.45, 2.75) is 0 Å². The van der Waals surface area contributed by atoms with Crippen LogP contribution in [0.4, 0.5) is 0 Å². The zero-order chi connectivity index (χ0) is 12.8. The molecule has 0 radical (unpaired) electrons. The second-order valence-electron chi connectivity index (χ2n) is 4.41. The number of pyridine rings is 2. The minimum absolute atomic E-state index is 0.834. The fourth-order valence-electron chi connectivity index (χ4n) is 2.54. The molecule has 0 fully saturated rings. The summed E-state index contributed by atoms with van der Waals surface area (Å²) in [6, 6.07) is 10.1. The van der Waals surface area contributed by atoms with E-state index >= 15 is 0 Å². The van der Waals surface area contributed by atoms with Crippen LogP contribution < -0.4 is 4.74 Å². The topological polar surface area (TPSA) is 39.4 Å². The number of hydrogen-bond donors (Lipinski definition) is 0. The van der Waals surface area contributed by atoms with E-state index in [2.05, 4.69) is 22.1 Å². The van der Waals surface area contributed by atoms with Crippen LogP contribution in [0.2, 0.25) is 0 Å². The Morgan fingerprint density at radius 2 is 1.79 bits per heavy atom. The van der Waals surface area contributed by atoms with Crippen LogP contribution in [0.25, 0.3) is 27.5 Å². The summed E-state index contributed by atoms with van der Waals surface area (Å²) in [5, 5.41) is 3.33. The van der Waals surface area contributed by atoms with Gasteiger partial charge in [0.15, 0.2) is 0 Å². The van der Waals surface area contributed by atoms with Gasteiger partial charge in [-0.1, -0.05) is 0 Å². The van der Waals surface area contributed by atoms with Crippen LogP contribution >= 0.6 is 0 Å². The number of nitrogens with zero attached hydrogens (tertiary/aromatic N) is 3. The third-order valence-corrected chi connectivity index (χ3v) is 3.41. The third-order valence-electron chi connectivity index (χ3n) is 3.41. The Kier molecular flexibility index (Phi) is 2.00. The van der Waals surface area contributed by atoms with Gasteiger partial charge in [-0.2, -0.15) is 0 Å². The van der Waals surface area contributed by atoms with Gasteiger partial charge in [0.1, 0.15) is 17.0 Å². The molecule has 0 saturated carbocycles. The van der Waals surface area contributed by atoms with Crippen molar-refractivity contribution in [3.8, 4) is 5.75 Å². The van der Waals surface area contributed by atoms with Crippen LogP contribution in [-0.4, -0.2) is 21.5 Å². The van der Waals surface area contributed by atoms with Crippen LogP contribution in [0.1, 0.15) is 0 Å². The SMILES string of the molecule is COc1ccc2c3cccnc3n3ccnc3c2c1. The Morgan fingerprint density at radius 1 is 0.947 bits per heavy atom. The zero-order valence-corrected chi connectivity index (χ0v) is 10.4. The standard InChI is InChI=1S/C15H11N3O/c1-19-10-4-5-11-12-3-2-6-16-14(12)18-8-7-17-15(18)13(11)9-10/h2-9H,1H3. The van der Waals surface area contributed by atoms with Crippen molar-refractivity contribution in [1.82, 2.24) is 14.4 Å². The average molecular weight is 249 g/mol. The van der Waals surface area contributed by atoms with Crippen molar-refractivity contribution >= 4 is 27.5 Å². The molecule has 1 aromatic carbocycles. The molecule has 3 aromatic heterocycles. The Morgan fingerprint density at radius 3 is 2.68 bits per heavy atom. The largest absolute Gasteiger partial charge is 0.497 e. The van der Waals surface area contributed by atoms with Crippen LogP contribution in [0.15, 0.2) is 48.9 Å². The summed E-state index contributed by atoms with van der Waals surface area (Å²) >= 11 is 0. The predicted molar refractivity (Wildman–Crippen MR) is 74.6 cm³/mol. The van der Waals surface area contributed by atoms with Crippen molar-refractivity contribution in [1.29, 1.82) is 0 Å². The highest BCUT2D eigenvalue weighted by Crippen LogP contribution is 2.30. The predicted octanol–water partition coefficient (Wildman–Crippen LogP) is 3.04. The lowest BCUT2D eigenvalue weighted by Crippen LogP contribution is -1.93. The van der Waals surface area contributed by atoms with Gasteiger partial charge in [-0.3, -0.25) is 4.40 Å². The normalized spacial score (nSPS) is 11.4. The highest BCUT2D eigenvalue weighted by Gasteiger charge is 2.10. The number of hydrogen-bond acceptors (Lipinski definition) is 3. The summed E-state index contributed by atoms with van der Waals surface area (Å²) in [7, 11) is 1.67. The molecule has 4 nitrogen and oxygen atoms in total. The van der Waals surface area contributed by atoms with Gasteiger partial charge in [0.2, 0.25) is 0 Å². The van der Waals surface area contributed by atoms with Gasteiger partial charge in [0.25, 0.3) is 0 Å². The molecule has 4 rings (SSSR count). The second-order valence-corrected chi connectivity index (χ2v) is 4.41. The van der Waals surface area contributed by atoms with Crippen molar-refractivity contribution < 1.29 is 4.74 Å². The van der Waals surface area contributed by atoms with E-state index in [0.29, 0.717) is 0 Å². The van der Waals surface area contributed by atoms with Gasteiger partial charge in [-0.25, -0.2) is 9.97 Å². The smallest absolute Gasteiger partial charge is 0.146 e. The molecule has 0 aliphatic carbocycles. The van der Waals surface area contributed by atoms with Crippen molar-refractivity contribution in [3.05, 3.63) is 48.9 Å². The lowest BCUT2D eigenvalue weighted by atomic mass is 10.1. The molecule has 4 heteroatoms. The van der Waals surface area contributed by atoms with E-state index in [-0.39, 0.29) is 0 Å². The van der Waals surface area contributed by atoms with Crippen LogP contribution in [0.3, 0.4) is 0 Å². The van der Waals surface area contributed by atoms with Crippen molar-refractivity contribution in [2.75, 3.05) is 7.11 Å². The van der Waals surface area contributed by atoms with E-state index in [1.54, 1.807) is 19.5 Å². The Bertz CT molecular complexity index is 911. The minimum Gasteiger partial charge on any atom is -0.497 e. The Hall–Kier alpha value is -2.62. The average Bonchev–Trinajstić information content (AvgIpc) is 2.97. The number of methoxy groups -OCH3 is 1. The molecule has 92 valence electrons. The van der Waals surface area contributed by atoms with Crippen LogP contribution in [0.5, 0.6) is 5.75 Å². The molecule has 3 heterocycles. The summed E-state index contributed by atoms with van der Waals surface area (Å²) in [5.41, 5.74) is 1.83. The molecule has 0 saturated heterocycles. The molecule has 0 unspecified atom stereocenters. The van der Waals surface area contributed by atoms with Gasteiger partial charge in [0.05, 0.1) is 7.11 Å². The number of rotatable bonds is 1. The van der Waals surface area contributed by atoms with Crippen LogP contribution in [0, 0.1) is 0 Å². The molecular weight excluding hydrogens is 238 g/mol. The van der Waals surface area contributed by atoms with Gasteiger partial charge < -0.3 is 4.74 Å². The Balaban J connectivity index is 2.34. The maximum Gasteiger partial charge on any atom is 0.146 e. The number of imidazole rings is 1. The lowest BCUT2D eigenvalue weighted by molar-refractivity contribution is 0.415. The first-order valence-electron chi connectivity index (χ1n) is 6.06. The molecular formula is C15H11N3O. The first kappa shape index (κ1) is 10.3. The van der Waals surface area contributed by atoms with Gasteiger partial charge >= 0.3 is 0 Å². The summed E-state index contributed by atoms with van der Waals surface area (Å²) in [4.78, 5) is 8.91. The molecule has 0 aliphatic heterocycles. The Labute approximate surface area is 109 Å². The maximum absolute atomic E-state index is 5.31. The number of aromatic nitrogens is 3. The van der Waals surface area contributed by atoms with E-state index in [9.17, 15) is 0 Å². The van der Waals surface area contributed by atoms with E-state index in [1.165, 1.54) is 0 Å². The summed E-state index contributed by atoms with van der Waals surface area (Å²) in [6.45, 7) is 0. The summed E-state index contributed by atoms with van der Waals surface area (Å²) < 4.78 is 7.32. The van der Waals surface area contributed by atoms with E-state index in [4.69, 9.17) is 4.74 Å². The van der Waals surface area contributed by atoms with E-state index < -0.39 is 0 Å². The molecule has 0 atom stereocenters. The van der Waals surface area contributed by atoms with Gasteiger partial charge in [-0.15, -0.1) is 0 Å². The zero-order valence-electron chi connectivity index (χ0n) is 10.4. The highest BCUT2D eigenvalue weighted by molar-refractivity contribution is 6.10. The van der Waals surface area contributed by atoms with Gasteiger partial charge in [-0.05, 0) is 35.7 Å². The molecule has 0 amide bonds. The number of fused-ring (bicyclic) bond motifs is 6. The molecule has 0 aliphatic rings. The molecule has 0 bridgehead atoms. The molecule has 0 spiro atoms.